The molecule has 1 aromatic carbocycles. The predicted molar refractivity (Wildman–Crippen MR) is 86.8 cm³/mol. The normalized spacial score (nSPS) is 11.6. The maximum Gasteiger partial charge on any atom is 0.255 e. The molecular formula is C16H20N4O4. The van der Waals surface area contributed by atoms with Gasteiger partial charge in [-0.1, -0.05) is 0 Å². The number of nitrogens with two attached hydrogens (primary N) is 1. The molecule has 128 valence electrons. The van der Waals surface area contributed by atoms with Gasteiger partial charge in [-0.05, 0) is 25.1 Å². The topological polar surface area (TPSA) is 108 Å². The quantitative estimate of drug-likeness (QED) is 0.735. The summed E-state index contributed by atoms with van der Waals surface area (Å²) in [5.41, 5.74) is 5.47. The summed E-state index contributed by atoms with van der Waals surface area (Å²) >= 11 is 0. The molecule has 1 atom stereocenters. The molecule has 0 aliphatic carbocycles. The molecule has 24 heavy (non-hydrogen) atoms. The van der Waals surface area contributed by atoms with Gasteiger partial charge in [0.1, 0.15) is 0 Å². The number of hydrogen-bond donors (Lipinski definition) is 2. The largest absolute Gasteiger partial charge is 0.493 e. The number of amides is 2. The van der Waals surface area contributed by atoms with Crippen molar-refractivity contribution in [3.63, 3.8) is 0 Å². The molecule has 2 rings (SSSR count). The van der Waals surface area contributed by atoms with Crippen LogP contribution in [0.3, 0.4) is 0 Å². The first-order valence-corrected chi connectivity index (χ1v) is 7.35. The molecule has 0 aliphatic heterocycles. The Hall–Kier alpha value is -3.03. The average Bonchev–Trinajstić information content (AvgIpc) is 3.05. The predicted octanol–water partition coefficient (Wildman–Crippen LogP) is 0.574. The van der Waals surface area contributed by atoms with Gasteiger partial charge in [-0.15, -0.1) is 0 Å². The number of benzene rings is 1. The highest BCUT2D eigenvalue weighted by Crippen LogP contribution is 2.28. The summed E-state index contributed by atoms with van der Waals surface area (Å²) in [5.74, 6) is -0.125. The Balaban J connectivity index is 2.02. The molecule has 2 amide bonds. The maximum absolute atomic E-state index is 12.3. The van der Waals surface area contributed by atoms with Crippen molar-refractivity contribution in [1.29, 1.82) is 0 Å². The van der Waals surface area contributed by atoms with Crippen LogP contribution in [-0.2, 0) is 11.3 Å². The molecule has 0 saturated heterocycles. The van der Waals surface area contributed by atoms with Crippen LogP contribution in [0.4, 0.5) is 0 Å². The molecule has 1 heterocycles. The number of aromatic nitrogens is 2. The lowest BCUT2D eigenvalue weighted by Gasteiger charge is -2.15. The molecule has 1 aromatic heterocycles. The van der Waals surface area contributed by atoms with Gasteiger partial charge in [0.25, 0.3) is 11.8 Å². The lowest BCUT2D eigenvalue weighted by atomic mass is 10.1. The van der Waals surface area contributed by atoms with E-state index in [4.69, 9.17) is 15.2 Å². The summed E-state index contributed by atoms with van der Waals surface area (Å²) in [4.78, 5) is 27.1. The van der Waals surface area contributed by atoms with Crippen molar-refractivity contribution in [1.82, 2.24) is 14.9 Å². The average molecular weight is 332 g/mol. The van der Waals surface area contributed by atoms with Gasteiger partial charge in [0, 0.05) is 30.5 Å². The Morgan fingerprint density at radius 1 is 1.38 bits per heavy atom. The third-order valence-corrected chi connectivity index (χ3v) is 3.22. The highest BCUT2D eigenvalue weighted by Gasteiger charge is 2.14. The minimum atomic E-state index is -0.591. The zero-order chi connectivity index (χ0) is 17.5. The van der Waals surface area contributed by atoms with E-state index in [9.17, 15) is 9.59 Å². The molecule has 0 fully saturated rings. The summed E-state index contributed by atoms with van der Waals surface area (Å²) in [6, 6.07) is 4.63. The van der Waals surface area contributed by atoms with Crippen LogP contribution < -0.4 is 20.5 Å². The molecular weight excluding hydrogens is 312 g/mol. The summed E-state index contributed by atoms with van der Waals surface area (Å²) in [5, 5.41) is 2.90. The standard InChI is InChI=1S/C16H20N4O4/c1-11(8-20-6-5-18-10-20)19-16(22)12-3-4-13(14(7-12)23-2)24-9-15(17)21/h3-7,10-11H,8-9H2,1-2H3,(H2,17,21)(H,19,22)/t11-/m1/s1. The van der Waals surface area contributed by atoms with E-state index in [0.717, 1.165) is 0 Å². The first-order chi connectivity index (χ1) is 11.5. The molecule has 2 aromatic rings. The van der Waals surface area contributed by atoms with Crippen LogP contribution in [0.25, 0.3) is 0 Å². The van der Waals surface area contributed by atoms with Crippen LogP contribution in [0.1, 0.15) is 17.3 Å². The number of rotatable bonds is 8. The zero-order valence-corrected chi connectivity index (χ0v) is 13.6. The first kappa shape index (κ1) is 17.3. The Kier molecular flexibility index (Phi) is 5.78. The number of carbonyl (C=O) groups excluding carboxylic acids is 2. The second-order valence-corrected chi connectivity index (χ2v) is 5.25. The van der Waals surface area contributed by atoms with E-state index in [1.165, 1.54) is 7.11 Å². The van der Waals surface area contributed by atoms with Crippen molar-refractivity contribution in [3.05, 3.63) is 42.5 Å². The summed E-state index contributed by atoms with van der Waals surface area (Å²) in [6.45, 7) is 2.26. The van der Waals surface area contributed by atoms with E-state index in [-0.39, 0.29) is 18.6 Å². The Morgan fingerprint density at radius 2 is 2.17 bits per heavy atom. The van der Waals surface area contributed by atoms with Crippen molar-refractivity contribution in [3.8, 4) is 11.5 Å². The van der Waals surface area contributed by atoms with Crippen LogP contribution in [-0.4, -0.2) is 41.1 Å². The van der Waals surface area contributed by atoms with Crippen molar-refractivity contribution < 1.29 is 19.1 Å². The van der Waals surface area contributed by atoms with Gasteiger partial charge in [-0.25, -0.2) is 4.98 Å². The minimum absolute atomic E-state index is 0.0801. The van der Waals surface area contributed by atoms with Gasteiger partial charge in [0.05, 0.1) is 13.4 Å². The molecule has 0 aliphatic rings. The smallest absolute Gasteiger partial charge is 0.255 e. The fourth-order valence-corrected chi connectivity index (χ4v) is 2.14. The van der Waals surface area contributed by atoms with Crippen LogP contribution in [0.5, 0.6) is 11.5 Å². The lowest BCUT2D eigenvalue weighted by Crippen LogP contribution is -2.35. The molecule has 0 bridgehead atoms. The van der Waals surface area contributed by atoms with E-state index < -0.39 is 5.91 Å². The van der Waals surface area contributed by atoms with Crippen molar-refractivity contribution in [2.24, 2.45) is 5.73 Å². The number of nitrogens with zero attached hydrogens (tertiary/aromatic N) is 2. The van der Waals surface area contributed by atoms with Gasteiger partial charge < -0.3 is 25.1 Å². The highest BCUT2D eigenvalue weighted by atomic mass is 16.5. The Labute approximate surface area is 139 Å². The number of methoxy groups -OCH3 is 1. The van der Waals surface area contributed by atoms with E-state index in [1.807, 2.05) is 17.7 Å². The number of imidazole rings is 1. The Bertz CT molecular complexity index is 700. The van der Waals surface area contributed by atoms with E-state index >= 15 is 0 Å². The third-order valence-electron chi connectivity index (χ3n) is 3.22. The van der Waals surface area contributed by atoms with Gasteiger partial charge in [-0.2, -0.15) is 0 Å². The fraction of sp³-hybridized carbons (Fsp3) is 0.312. The van der Waals surface area contributed by atoms with Crippen molar-refractivity contribution >= 4 is 11.8 Å². The lowest BCUT2D eigenvalue weighted by molar-refractivity contribution is -0.119. The number of nitrogens with one attached hydrogen (secondary N) is 1. The monoisotopic (exact) mass is 332 g/mol. The first-order valence-electron chi connectivity index (χ1n) is 7.35. The molecule has 0 radical (unpaired) electrons. The summed E-state index contributed by atoms with van der Waals surface area (Å²) < 4.78 is 12.3. The maximum atomic E-state index is 12.3. The number of carbonyl (C=O) groups is 2. The summed E-state index contributed by atoms with van der Waals surface area (Å²) in [6.07, 6.45) is 5.21. The molecule has 8 nitrogen and oxygen atoms in total. The number of hydrogen-bond acceptors (Lipinski definition) is 5. The van der Waals surface area contributed by atoms with Crippen LogP contribution >= 0.6 is 0 Å². The van der Waals surface area contributed by atoms with Crippen LogP contribution in [0.2, 0.25) is 0 Å². The highest BCUT2D eigenvalue weighted by molar-refractivity contribution is 5.95. The van der Waals surface area contributed by atoms with Gasteiger partial charge in [-0.3, -0.25) is 9.59 Å². The number of primary amides is 1. The van der Waals surface area contributed by atoms with Crippen molar-refractivity contribution in [2.75, 3.05) is 13.7 Å². The third kappa shape index (κ3) is 4.73. The van der Waals surface area contributed by atoms with Gasteiger partial charge in [0.2, 0.25) is 0 Å². The second kappa shape index (κ2) is 8.00. The molecule has 0 spiro atoms. The molecule has 8 heteroatoms. The molecule has 3 N–H and O–H groups in total. The van der Waals surface area contributed by atoms with Crippen LogP contribution in [0, 0.1) is 0 Å². The second-order valence-electron chi connectivity index (χ2n) is 5.25. The van der Waals surface area contributed by atoms with Gasteiger partial charge in [0.15, 0.2) is 18.1 Å². The van der Waals surface area contributed by atoms with E-state index in [0.29, 0.717) is 23.6 Å². The SMILES string of the molecule is COc1cc(C(=O)N[C@H](C)Cn2ccnc2)ccc1OCC(N)=O. The Morgan fingerprint density at radius 3 is 2.79 bits per heavy atom. The molecule has 0 unspecified atom stereocenters. The number of ether oxygens (including phenoxy) is 2. The zero-order valence-electron chi connectivity index (χ0n) is 13.6. The van der Waals surface area contributed by atoms with E-state index in [2.05, 4.69) is 10.3 Å². The molecule has 0 saturated carbocycles. The van der Waals surface area contributed by atoms with E-state index in [1.54, 1.807) is 30.7 Å². The summed E-state index contributed by atoms with van der Waals surface area (Å²) in [7, 11) is 1.45. The van der Waals surface area contributed by atoms with Crippen LogP contribution in [0.15, 0.2) is 36.9 Å². The van der Waals surface area contributed by atoms with Crippen molar-refractivity contribution in [2.45, 2.75) is 19.5 Å². The van der Waals surface area contributed by atoms with Gasteiger partial charge >= 0.3 is 0 Å². The fourth-order valence-electron chi connectivity index (χ4n) is 2.14. The minimum Gasteiger partial charge on any atom is -0.493 e.